The van der Waals surface area contributed by atoms with E-state index in [4.69, 9.17) is 13.1 Å². The molecule has 1 aromatic rings. The van der Waals surface area contributed by atoms with Gasteiger partial charge in [-0.3, -0.25) is 8.37 Å². The van der Waals surface area contributed by atoms with Gasteiger partial charge in [0.15, 0.2) is 0 Å². The molecule has 1 unspecified atom stereocenters. The molecule has 1 aliphatic rings. The van der Waals surface area contributed by atoms with E-state index >= 15 is 0 Å². The molecule has 0 N–H and O–H groups in total. The largest absolute Gasteiger partial charge is 0.488 e. The number of alkyl halides is 1. The molecule has 1 saturated carbocycles. The minimum absolute atomic E-state index is 0.0969. The van der Waals surface area contributed by atoms with Crippen LogP contribution in [0.4, 0.5) is 4.39 Å². The van der Waals surface area contributed by atoms with Crippen LogP contribution in [-0.4, -0.2) is 29.7 Å². The van der Waals surface area contributed by atoms with Crippen LogP contribution < -0.4 is 4.74 Å². The first-order valence-corrected chi connectivity index (χ1v) is 9.45. The van der Waals surface area contributed by atoms with Gasteiger partial charge in [0, 0.05) is 0 Å². The van der Waals surface area contributed by atoms with Gasteiger partial charge in [-0.25, -0.2) is 4.39 Å². The average molecular weight is 358 g/mol. The summed E-state index contributed by atoms with van der Waals surface area (Å²) in [7, 11) is 0. The first-order valence-electron chi connectivity index (χ1n) is 8.45. The molecule has 0 saturated heterocycles. The minimum Gasteiger partial charge on any atom is -0.488 e. The summed E-state index contributed by atoms with van der Waals surface area (Å²) >= 11 is -1.93. The van der Waals surface area contributed by atoms with Crippen LogP contribution in [0.1, 0.15) is 52.0 Å². The van der Waals surface area contributed by atoms with Crippen molar-refractivity contribution in [1.29, 1.82) is 0 Å². The third-order valence-electron chi connectivity index (χ3n) is 4.11. The second-order valence-electron chi connectivity index (χ2n) is 7.06. The van der Waals surface area contributed by atoms with Gasteiger partial charge in [-0.05, 0) is 42.4 Å². The fourth-order valence-corrected chi connectivity index (χ4v) is 3.42. The molecule has 0 aromatic heterocycles. The highest BCUT2D eigenvalue weighted by Crippen LogP contribution is 2.29. The molecule has 0 spiro atoms. The van der Waals surface area contributed by atoms with E-state index in [9.17, 15) is 8.60 Å². The summed E-state index contributed by atoms with van der Waals surface area (Å²) in [5.41, 5.74) is 1.34. The maximum atomic E-state index is 12.1. The fourth-order valence-electron chi connectivity index (χ4n) is 2.74. The van der Waals surface area contributed by atoms with Crippen LogP contribution in [0.25, 0.3) is 0 Å². The summed E-state index contributed by atoms with van der Waals surface area (Å²) in [5, 5.41) is 0. The highest BCUT2D eigenvalue weighted by atomic mass is 32.2. The van der Waals surface area contributed by atoms with Crippen molar-refractivity contribution in [1.82, 2.24) is 0 Å². The normalized spacial score (nSPS) is 23.0. The Balaban J connectivity index is 1.96. The summed E-state index contributed by atoms with van der Waals surface area (Å²) in [4.78, 5) is 0. The van der Waals surface area contributed by atoms with E-state index in [1.54, 1.807) is 0 Å². The van der Waals surface area contributed by atoms with E-state index in [1.165, 1.54) is 5.56 Å². The van der Waals surface area contributed by atoms with Crippen molar-refractivity contribution in [3.8, 4) is 5.75 Å². The van der Waals surface area contributed by atoms with Crippen LogP contribution in [0.3, 0.4) is 0 Å². The molecule has 2 rings (SSSR count). The Morgan fingerprint density at radius 2 is 1.75 bits per heavy atom. The van der Waals surface area contributed by atoms with E-state index in [1.807, 2.05) is 12.1 Å². The number of hydrogen-bond donors (Lipinski definition) is 0. The summed E-state index contributed by atoms with van der Waals surface area (Å²) in [5.74, 6) is 0.777. The Hall–Kier alpha value is -0.980. The molecule has 3 atom stereocenters. The van der Waals surface area contributed by atoms with Gasteiger partial charge in [0.2, 0.25) is 0 Å². The van der Waals surface area contributed by atoms with Crippen LogP contribution in [0.2, 0.25) is 0 Å². The maximum absolute atomic E-state index is 12.1. The highest BCUT2D eigenvalue weighted by molar-refractivity contribution is 7.75. The third-order valence-corrected chi connectivity index (χ3v) is 4.87. The lowest BCUT2D eigenvalue weighted by Crippen LogP contribution is -2.37. The van der Waals surface area contributed by atoms with Crippen molar-refractivity contribution >= 4 is 11.4 Å². The van der Waals surface area contributed by atoms with Gasteiger partial charge < -0.3 is 4.74 Å². The molecular formula is C18H27FO4S. The van der Waals surface area contributed by atoms with Crippen molar-refractivity contribution in [2.75, 3.05) is 13.3 Å². The lowest BCUT2D eigenvalue weighted by Gasteiger charge is -2.31. The predicted octanol–water partition coefficient (Wildman–Crippen LogP) is 4.26. The minimum atomic E-state index is -1.93. The predicted molar refractivity (Wildman–Crippen MR) is 93.0 cm³/mol. The van der Waals surface area contributed by atoms with Crippen LogP contribution in [0.15, 0.2) is 24.3 Å². The van der Waals surface area contributed by atoms with E-state index < -0.39 is 18.0 Å². The lowest BCUT2D eigenvalue weighted by atomic mass is 9.87. The molecule has 0 heterocycles. The third kappa shape index (κ3) is 5.83. The highest BCUT2D eigenvalue weighted by Gasteiger charge is 2.30. The quantitative estimate of drug-likeness (QED) is 0.731. The number of rotatable bonds is 7. The van der Waals surface area contributed by atoms with Crippen molar-refractivity contribution in [2.24, 2.45) is 0 Å². The summed E-state index contributed by atoms with van der Waals surface area (Å²) in [6, 6.07) is 8.05. The summed E-state index contributed by atoms with van der Waals surface area (Å²) in [6.07, 6.45) is 3.16. The smallest absolute Gasteiger partial charge is 0.305 e. The van der Waals surface area contributed by atoms with E-state index in [2.05, 4.69) is 32.9 Å². The Bertz CT molecular complexity index is 527. The molecule has 0 bridgehead atoms. The maximum Gasteiger partial charge on any atom is 0.305 e. The van der Waals surface area contributed by atoms with Gasteiger partial charge in [-0.2, -0.15) is 4.21 Å². The SMILES string of the molecule is CC(C)(C)c1ccc(O[C@H]2CCCC[C@@H]2OS(=O)OCCF)cc1. The molecule has 4 nitrogen and oxygen atoms in total. The molecule has 0 radical (unpaired) electrons. The molecule has 0 amide bonds. The van der Waals surface area contributed by atoms with Crippen LogP contribution in [-0.2, 0) is 25.1 Å². The monoisotopic (exact) mass is 358 g/mol. The lowest BCUT2D eigenvalue weighted by molar-refractivity contribution is 0.0227. The van der Waals surface area contributed by atoms with Crippen LogP contribution in [0.5, 0.6) is 5.75 Å². The zero-order valence-electron chi connectivity index (χ0n) is 14.6. The molecule has 0 aliphatic heterocycles. The van der Waals surface area contributed by atoms with Crippen molar-refractivity contribution < 1.29 is 21.7 Å². The Morgan fingerprint density at radius 1 is 1.12 bits per heavy atom. The standard InChI is InChI=1S/C18H27FO4S/c1-18(2,3)14-8-10-15(11-9-14)22-16-6-4-5-7-17(16)23-24(20)21-13-12-19/h8-11,16-17H,4-7,12-13H2,1-3H3/t16-,17-,24?/m0/s1. The Kier molecular flexibility index (Phi) is 7.19. The Labute approximate surface area is 146 Å². The number of halogens is 1. The molecule has 136 valence electrons. The first-order chi connectivity index (χ1) is 11.4. The molecule has 24 heavy (non-hydrogen) atoms. The van der Waals surface area contributed by atoms with Gasteiger partial charge >= 0.3 is 11.4 Å². The topological polar surface area (TPSA) is 44.8 Å². The number of hydrogen-bond acceptors (Lipinski definition) is 4. The van der Waals surface area contributed by atoms with E-state index in [0.29, 0.717) is 0 Å². The second-order valence-corrected chi connectivity index (χ2v) is 7.90. The van der Waals surface area contributed by atoms with Gasteiger partial charge in [-0.15, -0.1) is 0 Å². The van der Waals surface area contributed by atoms with Crippen LogP contribution >= 0.6 is 0 Å². The molecule has 1 aromatic carbocycles. The molecular weight excluding hydrogens is 331 g/mol. The molecule has 1 fully saturated rings. The second kappa shape index (κ2) is 8.92. The number of ether oxygens (including phenoxy) is 1. The van der Waals surface area contributed by atoms with E-state index in [0.717, 1.165) is 31.4 Å². The summed E-state index contributed by atoms with van der Waals surface area (Å²) in [6.45, 7) is 5.60. The Morgan fingerprint density at radius 3 is 2.33 bits per heavy atom. The zero-order chi connectivity index (χ0) is 17.6. The molecule has 1 aliphatic carbocycles. The summed E-state index contributed by atoms with van der Waals surface area (Å²) < 4.78 is 40.0. The van der Waals surface area contributed by atoms with Gasteiger partial charge in [0.1, 0.15) is 24.6 Å². The van der Waals surface area contributed by atoms with E-state index in [-0.39, 0.29) is 24.2 Å². The van der Waals surface area contributed by atoms with Gasteiger partial charge in [0.05, 0.1) is 6.61 Å². The van der Waals surface area contributed by atoms with Crippen molar-refractivity contribution in [3.05, 3.63) is 29.8 Å². The average Bonchev–Trinajstić information content (AvgIpc) is 2.54. The van der Waals surface area contributed by atoms with Crippen molar-refractivity contribution in [2.45, 2.75) is 64.1 Å². The number of benzene rings is 1. The van der Waals surface area contributed by atoms with Gasteiger partial charge in [0.25, 0.3) is 0 Å². The molecule has 6 heteroatoms. The first kappa shape index (κ1) is 19.3. The fraction of sp³-hybridized carbons (Fsp3) is 0.667. The van der Waals surface area contributed by atoms with Gasteiger partial charge in [-0.1, -0.05) is 39.3 Å². The van der Waals surface area contributed by atoms with Crippen LogP contribution in [0, 0.1) is 0 Å². The van der Waals surface area contributed by atoms with Crippen molar-refractivity contribution in [3.63, 3.8) is 0 Å². The zero-order valence-corrected chi connectivity index (χ0v) is 15.4.